The van der Waals surface area contributed by atoms with Gasteiger partial charge < -0.3 is 4.90 Å². The van der Waals surface area contributed by atoms with E-state index in [4.69, 9.17) is 9.97 Å². The number of hydrogen-bond acceptors (Lipinski definition) is 5. The molecule has 0 spiro atoms. The zero-order valence-electron chi connectivity index (χ0n) is 14.2. The Kier molecular flexibility index (Phi) is 3.92. The van der Waals surface area contributed by atoms with Crippen LogP contribution in [0.1, 0.15) is 43.0 Å². The zero-order valence-corrected chi connectivity index (χ0v) is 14.2. The van der Waals surface area contributed by atoms with Crippen molar-refractivity contribution in [2.75, 3.05) is 18.5 Å². The van der Waals surface area contributed by atoms with E-state index in [-0.39, 0.29) is 0 Å². The third-order valence-electron chi connectivity index (χ3n) is 4.96. The molecule has 24 heavy (non-hydrogen) atoms. The smallest absolute Gasteiger partial charge is 0.163 e. The summed E-state index contributed by atoms with van der Waals surface area (Å²) in [5.41, 5.74) is 2.13. The zero-order chi connectivity index (χ0) is 16.5. The molecule has 0 saturated heterocycles. The van der Waals surface area contributed by atoms with E-state index in [1.54, 1.807) is 0 Å². The molecule has 0 aliphatic heterocycles. The molecule has 0 bridgehead atoms. The summed E-state index contributed by atoms with van der Waals surface area (Å²) in [6.45, 7) is 0.880. The van der Waals surface area contributed by atoms with Crippen LogP contribution in [0.3, 0.4) is 0 Å². The average Bonchev–Trinajstić information content (AvgIpc) is 3.34. The first kappa shape index (κ1) is 15.1. The number of aryl methyl sites for hydroxylation is 1. The number of rotatable bonds is 5. The lowest BCUT2D eigenvalue weighted by molar-refractivity contribution is 0.664. The number of nitrogens with one attached hydrogen (secondary N) is 1. The van der Waals surface area contributed by atoms with E-state index in [1.165, 1.54) is 31.2 Å². The van der Waals surface area contributed by atoms with E-state index in [1.807, 2.05) is 30.3 Å². The van der Waals surface area contributed by atoms with Crippen molar-refractivity contribution >= 4 is 16.9 Å². The van der Waals surface area contributed by atoms with E-state index in [9.17, 15) is 0 Å². The van der Waals surface area contributed by atoms with Gasteiger partial charge in [0, 0.05) is 32.8 Å². The van der Waals surface area contributed by atoms with Crippen LogP contribution in [0.5, 0.6) is 0 Å². The van der Waals surface area contributed by atoms with Crippen LogP contribution in [0, 0.1) is 0 Å². The topological polar surface area (TPSA) is 75.5 Å². The van der Waals surface area contributed by atoms with Crippen molar-refractivity contribution in [2.24, 2.45) is 7.05 Å². The molecular weight excluding hydrogens is 302 g/mol. The van der Waals surface area contributed by atoms with Gasteiger partial charge in [0.25, 0.3) is 0 Å². The van der Waals surface area contributed by atoms with Crippen molar-refractivity contribution in [1.29, 1.82) is 0 Å². The molecular formula is C17H23N7. The van der Waals surface area contributed by atoms with Crippen LogP contribution in [0.4, 0.5) is 5.82 Å². The molecule has 0 atom stereocenters. The number of fused-ring (bicyclic) bond motifs is 1. The maximum atomic E-state index is 4.93. The van der Waals surface area contributed by atoms with Crippen LogP contribution in [0.25, 0.3) is 11.0 Å². The predicted molar refractivity (Wildman–Crippen MR) is 93.1 cm³/mol. The van der Waals surface area contributed by atoms with Gasteiger partial charge in [0.2, 0.25) is 0 Å². The van der Waals surface area contributed by atoms with Crippen molar-refractivity contribution in [3.05, 3.63) is 30.0 Å². The molecule has 1 fully saturated rings. The Morgan fingerprint density at radius 3 is 2.83 bits per heavy atom. The lowest BCUT2D eigenvalue weighted by Gasteiger charge is -2.20. The van der Waals surface area contributed by atoms with Gasteiger partial charge in [0.05, 0.1) is 17.8 Å². The van der Waals surface area contributed by atoms with E-state index < -0.39 is 0 Å². The van der Waals surface area contributed by atoms with E-state index in [0.29, 0.717) is 5.92 Å². The van der Waals surface area contributed by atoms with Gasteiger partial charge in [-0.2, -0.15) is 10.2 Å². The molecule has 0 unspecified atom stereocenters. The van der Waals surface area contributed by atoms with Crippen LogP contribution >= 0.6 is 0 Å². The summed E-state index contributed by atoms with van der Waals surface area (Å²) in [6.07, 6.45) is 11.6. The van der Waals surface area contributed by atoms with Crippen LogP contribution in [0.2, 0.25) is 0 Å². The lowest BCUT2D eigenvalue weighted by atomic mass is 10.1. The molecule has 0 aromatic carbocycles. The highest BCUT2D eigenvalue weighted by Crippen LogP contribution is 2.34. The summed E-state index contributed by atoms with van der Waals surface area (Å²) in [6, 6.07) is 0. The van der Waals surface area contributed by atoms with Gasteiger partial charge in [0.1, 0.15) is 11.6 Å². The number of aromatic nitrogens is 6. The quantitative estimate of drug-likeness (QED) is 0.780. The van der Waals surface area contributed by atoms with Crippen molar-refractivity contribution < 1.29 is 0 Å². The van der Waals surface area contributed by atoms with E-state index in [0.717, 1.165) is 35.6 Å². The number of H-pyrrole nitrogens is 1. The summed E-state index contributed by atoms with van der Waals surface area (Å²) < 4.78 is 1.85. The third-order valence-corrected chi connectivity index (χ3v) is 4.96. The largest absolute Gasteiger partial charge is 0.359 e. The van der Waals surface area contributed by atoms with Gasteiger partial charge in [-0.15, -0.1) is 0 Å². The summed E-state index contributed by atoms with van der Waals surface area (Å²) in [7, 11) is 4.04. The number of anilines is 1. The summed E-state index contributed by atoms with van der Waals surface area (Å²) in [5, 5.41) is 12.3. The number of nitrogens with zero attached hydrogens (tertiary/aromatic N) is 6. The summed E-state index contributed by atoms with van der Waals surface area (Å²) >= 11 is 0. The highest BCUT2D eigenvalue weighted by atomic mass is 15.3. The standard InChI is InChI=1S/C17H23N7/c1-23(8-7-12-9-18-19-10-12)16-14-11-20-24(2)17(14)22-15(21-16)13-5-3-4-6-13/h9-11,13H,3-8H2,1-2H3,(H,18,19). The summed E-state index contributed by atoms with van der Waals surface area (Å²) in [4.78, 5) is 12.0. The van der Waals surface area contributed by atoms with Gasteiger partial charge in [-0.25, -0.2) is 9.97 Å². The first-order valence-electron chi connectivity index (χ1n) is 8.61. The molecule has 4 rings (SSSR count). The minimum Gasteiger partial charge on any atom is -0.359 e. The highest BCUT2D eigenvalue weighted by Gasteiger charge is 2.23. The predicted octanol–water partition coefficient (Wildman–Crippen LogP) is 2.42. The first-order valence-corrected chi connectivity index (χ1v) is 8.61. The second-order valence-electron chi connectivity index (χ2n) is 6.67. The number of likely N-dealkylation sites (N-methyl/N-ethyl adjacent to an activating group) is 1. The molecule has 1 aliphatic carbocycles. The van der Waals surface area contributed by atoms with E-state index >= 15 is 0 Å². The average molecular weight is 325 g/mol. The van der Waals surface area contributed by atoms with Gasteiger partial charge in [-0.3, -0.25) is 9.78 Å². The van der Waals surface area contributed by atoms with E-state index in [2.05, 4.69) is 27.2 Å². The molecule has 1 saturated carbocycles. The molecule has 3 heterocycles. The normalized spacial score (nSPS) is 15.4. The fraction of sp³-hybridized carbons (Fsp3) is 0.529. The molecule has 0 radical (unpaired) electrons. The lowest BCUT2D eigenvalue weighted by Crippen LogP contribution is -2.22. The Morgan fingerprint density at radius 1 is 1.25 bits per heavy atom. The Balaban J connectivity index is 1.66. The number of hydrogen-bond donors (Lipinski definition) is 1. The van der Waals surface area contributed by atoms with Crippen molar-refractivity contribution in [1.82, 2.24) is 29.9 Å². The van der Waals surface area contributed by atoms with Gasteiger partial charge >= 0.3 is 0 Å². The molecule has 7 heteroatoms. The number of aromatic amines is 1. The van der Waals surface area contributed by atoms with Crippen molar-refractivity contribution in [2.45, 2.75) is 38.0 Å². The van der Waals surface area contributed by atoms with Crippen LogP contribution in [-0.2, 0) is 13.5 Å². The molecule has 7 nitrogen and oxygen atoms in total. The van der Waals surface area contributed by atoms with Crippen LogP contribution in [-0.4, -0.2) is 43.5 Å². The maximum Gasteiger partial charge on any atom is 0.163 e. The second-order valence-corrected chi connectivity index (χ2v) is 6.67. The SMILES string of the molecule is CN(CCc1cn[nH]c1)c1nc(C2CCCC2)nc2c1cnn2C. The van der Waals surface area contributed by atoms with Crippen LogP contribution in [0.15, 0.2) is 18.6 Å². The van der Waals surface area contributed by atoms with Gasteiger partial charge in [-0.1, -0.05) is 12.8 Å². The van der Waals surface area contributed by atoms with Crippen molar-refractivity contribution in [3.8, 4) is 0 Å². The van der Waals surface area contributed by atoms with Gasteiger partial charge in [-0.05, 0) is 24.8 Å². The summed E-state index contributed by atoms with van der Waals surface area (Å²) in [5.74, 6) is 2.46. The first-order chi connectivity index (χ1) is 11.7. The molecule has 1 N–H and O–H groups in total. The second kappa shape index (κ2) is 6.22. The Hall–Kier alpha value is -2.44. The molecule has 0 amide bonds. The Labute approximate surface area is 141 Å². The highest BCUT2D eigenvalue weighted by molar-refractivity contribution is 5.86. The van der Waals surface area contributed by atoms with Crippen LogP contribution < -0.4 is 4.90 Å². The molecule has 126 valence electrons. The Bertz CT molecular complexity index is 815. The minimum absolute atomic E-state index is 0.491. The molecule has 1 aliphatic rings. The van der Waals surface area contributed by atoms with Gasteiger partial charge in [0.15, 0.2) is 5.65 Å². The maximum absolute atomic E-state index is 4.93. The minimum atomic E-state index is 0.491. The Morgan fingerprint density at radius 2 is 2.08 bits per heavy atom. The fourth-order valence-electron chi connectivity index (χ4n) is 3.50. The molecule has 3 aromatic heterocycles. The molecule has 3 aromatic rings. The van der Waals surface area contributed by atoms with Crippen molar-refractivity contribution in [3.63, 3.8) is 0 Å². The third kappa shape index (κ3) is 2.74. The fourth-order valence-corrected chi connectivity index (χ4v) is 3.50. The monoisotopic (exact) mass is 325 g/mol.